The Morgan fingerprint density at radius 2 is 2.17 bits per heavy atom. The van der Waals surface area contributed by atoms with Crippen LogP contribution in [0.4, 0.5) is 0 Å². The van der Waals surface area contributed by atoms with Crippen LogP contribution in [0, 0.1) is 0 Å². The highest BCUT2D eigenvalue weighted by Gasteiger charge is 2.42. The number of likely N-dealkylation sites (N-methyl/N-ethyl adjacent to an activating group) is 1. The average Bonchev–Trinajstić information content (AvgIpc) is 2.87. The molecule has 3 aliphatic rings. The van der Waals surface area contributed by atoms with E-state index in [1.54, 1.807) is 0 Å². The molecule has 0 aliphatic carbocycles. The third-order valence-electron chi connectivity index (χ3n) is 4.96. The number of hydrogen-bond acceptors (Lipinski definition) is 4. The van der Waals surface area contributed by atoms with Crippen molar-refractivity contribution in [2.45, 2.75) is 49.8 Å². The molecular formula is C14H26N2O2. The van der Waals surface area contributed by atoms with Crippen LogP contribution in [-0.4, -0.2) is 62.5 Å². The van der Waals surface area contributed by atoms with Crippen molar-refractivity contribution < 1.29 is 9.47 Å². The van der Waals surface area contributed by atoms with Gasteiger partial charge < -0.3 is 14.8 Å². The third-order valence-corrected chi connectivity index (χ3v) is 4.96. The topological polar surface area (TPSA) is 33.7 Å². The molecule has 0 saturated carbocycles. The standard InChI is InChI=1S/C14H26N2O2/c1-16(13-3-2-6-15-10-13)12-4-7-18-14(9-12)5-8-17-11-14/h12-13,15H,2-11H2,1H3. The molecule has 3 atom stereocenters. The Bertz CT molecular complexity index is 273. The fraction of sp³-hybridized carbons (Fsp3) is 1.00. The Kier molecular flexibility index (Phi) is 3.89. The molecule has 0 radical (unpaired) electrons. The average molecular weight is 254 g/mol. The molecule has 4 nitrogen and oxygen atoms in total. The second-order valence-electron chi connectivity index (χ2n) is 6.15. The van der Waals surface area contributed by atoms with Crippen molar-refractivity contribution in [1.29, 1.82) is 0 Å². The zero-order chi connectivity index (χ0) is 12.4. The Morgan fingerprint density at radius 1 is 1.22 bits per heavy atom. The van der Waals surface area contributed by atoms with Crippen LogP contribution in [0.25, 0.3) is 0 Å². The van der Waals surface area contributed by atoms with E-state index in [0.29, 0.717) is 12.1 Å². The van der Waals surface area contributed by atoms with Gasteiger partial charge in [0.15, 0.2) is 0 Å². The molecule has 3 heterocycles. The molecule has 3 saturated heterocycles. The van der Waals surface area contributed by atoms with Gasteiger partial charge in [0.2, 0.25) is 0 Å². The molecule has 0 aromatic rings. The van der Waals surface area contributed by atoms with Gasteiger partial charge >= 0.3 is 0 Å². The highest BCUT2D eigenvalue weighted by Crippen LogP contribution is 2.35. The molecule has 4 heteroatoms. The minimum Gasteiger partial charge on any atom is -0.378 e. The van der Waals surface area contributed by atoms with Crippen LogP contribution in [-0.2, 0) is 9.47 Å². The number of nitrogens with one attached hydrogen (secondary N) is 1. The van der Waals surface area contributed by atoms with Crippen molar-refractivity contribution >= 4 is 0 Å². The summed E-state index contributed by atoms with van der Waals surface area (Å²) in [5.74, 6) is 0. The largest absolute Gasteiger partial charge is 0.378 e. The van der Waals surface area contributed by atoms with E-state index in [1.165, 1.54) is 25.8 Å². The zero-order valence-electron chi connectivity index (χ0n) is 11.5. The molecule has 0 amide bonds. The fourth-order valence-electron chi connectivity index (χ4n) is 3.69. The maximum atomic E-state index is 6.03. The molecule has 104 valence electrons. The number of hydrogen-bond donors (Lipinski definition) is 1. The van der Waals surface area contributed by atoms with Crippen molar-refractivity contribution in [2.75, 3.05) is 40.0 Å². The molecular weight excluding hydrogens is 228 g/mol. The van der Waals surface area contributed by atoms with Crippen LogP contribution in [0.2, 0.25) is 0 Å². The first kappa shape index (κ1) is 12.9. The lowest BCUT2D eigenvalue weighted by Crippen LogP contribution is -2.54. The Balaban J connectivity index is 1.60. The van der Waals surface area contributed by atoms with E-state index < -0.39 is 0 Å². The second-order valence-corrected chi connectivity index (χ2v) is 6.15. The van der Waals surface area contributed by atoms with E-state index in [1.807, 2.05) is 0 Å². The van der Waals surface area contributed by atoms with E-state index in [2.05, 4.69) is 17.3 Å². The van der Waals surface area contributed by atoms with Crippen LogP contribution in [0.1, 0.15) is 32.1 Å². The van der Waals surface area contributed by atoms with Gasteiger partial charge in [-0.15, -0.1) is 0 Å². The lowest BCUT2D eigenvalue weighted by molar-refractivity contribution is -0.108. The third kappa shape index (κ3) is 2.57. The summed E-state index contributed by atoms with van der Waals surface area (Å²) in [5, 5.41) is 3.52. The highest BCUT2D eigenvalue weighted by molar-refractivity contribution is 4.94. The van der Waals surface area contributed by atoms with Gasteiger partial charge in [0.25, 0.3) is 0 Å². The van der Waals surface area contributed by atoms with E-state index in [4.69, 9.17) is 9.47 Å². The summed E-state index contributed by atoms with van der Waals surface area (Å²) in [4.78, 5) is 2.61. The smallest absolute Gasteiger partial charge is 0.0951 e. The van der Waals surface area contributed by atoms with Crippen molar-refractivity contribution in [3.8, 4) is 0 Å². The predicted octanol–water partition coefficient (Wildman–Crippen LogP) is 1.01. The molecule has 18 heavy (non-hydrogen) atoms. The van der Waals surface area contributed by atoms with Crippen molar-refractivity contribution in [3.05, 3.63) is 0 Å². The van der Waals surface area contributed by atoms with E-state index in [0.717, 1.165) is 39.2 Å². The van der Waals surface area contributed by atoms with Gasteiger partial charge in [-0.05, 0) is 39.3 Å². The van der Waals surface area contributed by atoms with Crippen LogP contribution >= 0.6 is 0 Å². The summed E-state index contributed by atoms with van der Waals surface area (Å²) in [6.07, 6.45) is 6.06. The molecule has 3 aliphatic heterocycles. The summed E-state index contributed by atoms with van der Waals surface area (Å²) in [5.41, 5.74) is 0.0409. The first-order valence-corrected chi connectivity index (χ1v) is 7.43. The second kappa shape index (κ2) is 5.45. The fourth-order valence-corrected chi connectivity index (χ4v) is 3.69. The quantitative estimate of drug-likeness (QED) is 0.797. The molecule has 0 bridgehead atoms. The normalized spacial score (nSPS) is 41.7. The number of piperidine rings is 1. The SMILES string of the molecule is CN(C1CCCNC1)C1CCOC2(CCOC2)C1. The summed E-state index contributed by atoms with van der Waals surface area (Å²) in [6.45, 7) is 4.92. The first-order chi connectivity index (χ1) is 8.79. The van der Waals surface area contributed by atoms with Gasteiger partial charge in [0.05, 0.1) is 12.2 Å². The molecule has 1 N–H and O–H groups in total. The zero-order valence-corrected chi connectivity index (χ0v) is 11.5. The molecule has 0 aromatic carbocycles. The van der Waals surface area contributed by atoms with Crippen LogP contribution < -0.4 is 5.32 Å². The van der Waals surface area contributed by atoms with Gasteiger partial charge in [-0.1, -0.05) is 0 Å². The first-order valence-electron chi connectivity index (χ1n) is 7.43. The lowest BCUT2D eigenvalue weighted by Gasteiger charge is -2.44. The minimum atomic E-state index is 0.0409. The van der Waals surface area contributed by atoms with E-state index >= 15 is 0 Å². The van der Waals surface area contributed by atoms with Crippen molar-refractivity contribution in [2.24, 2.45) is 0 Å². The summed E-state index contributed by atoms with van der Waals surface area (Å²) < 4.78 is 11.6. The molecule has 0 aromatic heterocycles. The monoisotopic (exact) mass is 254 g/mol. The van der Waals surface area contributed by atoms with E-state index in [9.17, 15) is 0 Å². The van der Waals surface area contributed by atoms with Crippen molar-refractivity contribution in [3.63, 3.8) is 0 Å². The molecule has 3 rings (SSSR count). The number of nitrogens with zero attached hydrogens (tertiary/aromatic N) is 1. The summed E-state index contributed by atoms with van der Waals surface area (Å²) >= 11 is 0. The van der Waals surface area contributed by atoms with Crippen LogP contribution in [0.5, 0.6) is 0 Å². The van der Waals surface area contributed by atoms with Gasteiger partial charge in [-0.2, -0.15) is 0 Å². The Hall–Kier alpha value is -0.160. The van der Waals surface area contributed by atoms with Gasteiger partial charge in [0, 0.05) is 38.3 Å². The molecule has 3 fully saturated rings. The Labute approximate surface area is 110 Å². The maximum Gasteiger partial charge on any atom is 0.0951 e. The summed E-state index contributed by atoms with van der Waals surface area (Å²) in [6, 6.07) is 1.38. The number of ether oxygens (including phenoxy) is 2. The highest BCUT2D eigenvalue weighted by atomic mass is 16.6. The van der Waals surface area contributed by atoms with Gasteiger partial charge in [0.1, 0.15) is 0 Å². The van der Waals surface area contributed by atoms with Crippen LogP contribution in [0.3, 0.4) is 0 Å². The van der Waals surface area contributed by atoms with Crippen molar-refractivity contribution in [1.82, 2.24) is 10.2 Å². The van der Waals surface area contributed by atoms with E-state index in [-0.39, 0.29) is 5.60 Å². The van der Waals surface area contributed by atoms with Gasteiger partial charge in [-0.25, -0.2) is 0 Å². The molecule has 1 spiro atoms. The number of rotatable bonds is 2. The Morgan fingerprint density at radius 3 is 2.89 bits per heavy atom. The van der Waals surface area contributed by atoms with Gasteiger partial charge in [-0.3, -0.25) is 4.90 Å². The van der Waals surface area contributed by atoms with Crippen LogP contribution in [0.15, 0.2) is 0 Å². The summed E-state index contributed by atoms with van der Waals surface area (Å²) in [7, 11) is 2.30. The predicted molar refractivity (Wildman–Crippen MR) is 70.8 cm³/mol. The maximum absolute atomic E-state index is 6.03. The minimum absolute atomic E-state index is 0.0409. The molecule has 3 unspecified atom stereocenters. The lowest BCUT2D eigenvalue weighted by atomic mass is 9.88.